The van der Waals surface area contributed by atoms with E-state index in [0.717, 1.165) is 16.7 Å². The van der Waals surface area contributed by atoms with Gasteiger partial charge >= 0.3 is 0 Å². The Labute approximate surface area is 155 Å². The fraction of sp³-hybridized carbons (Fsp3) is 0.350. The van der Waals surface area contributed by atoms with Gasteiger partial charge in [-0.25, -0.2) is 8.42 Å². The number of aryl methyl sites for hydroxylation is 2. The predicted octanol–water partition coefficient (Wildman–Crippen LogP) is 3.98. The van der Waals surface area contributed by atoms with Gasteiger partial charge in [-0.15, -0.1) is 0 Å². The lowest BCUT2D eigenvalue weighted by Crippen LogP contribution is -2.24. The van der Waals surface area contributed by atoms with Crippen molar-refractivity contribution < 1.29 is 13.2 Å². The minimum atomic E-state index is -3.81. The molecule has 0 unspecified atom stereocenters. The Kier molecular flexibility index (Phi) is 6.08. The number of para-hydroxylation sites is 1. The summed E-state index contributed by atoms with van der Waals surface area (Å²) in [5, 5.41) is 2.71. The maximum atomic E-state index is 12.9. The van der Waals surface area contributed by atoms with Crippen molar-refractivity contribution in [1.82, 2.24) is 5.32 Å². The number of amides is 1. The average molecular weight is 375 g/mol. The van der Waals surface area contributed by atoms with Crippen molar-refractivity contribution in [2.45, 2.75) is 45.4 Å². The van der Waals surface area contributed by atoms with Crippen LogP contribution in [0.3, 0.4) is 0 Å². The first kappa shape index (κ1) is 20.0. The third kappa shape index (κ3) is 4.25. The molecule has 2 rings (SSSR count). The lowest BCUT2D eigenvalue weighted by atomic mass is 9.99. The maximum absolute atomic E-state index is 12.9. The normalized spacial score (nSPS) is 11.5. The minimum absolute atomic E-state index is 0.0716. The van der Waals surface area contributed by atoms with Crippen LogP contribution >= 0.6 is 0 Å². The highest BCUT2D eigenvalue weighted by Gasteiger charge is 2.20. The molecule has 2 aromatic rings. The molecular weight excluding hydrogens is 348 g/mol. The maximum Gasteiger partial charge on any atom is 0.261 e. The van der Waals surface area contributed by atoms with Crippen LogP contribution in [0.2, 0.25) is 0 Å². The van der Waals surface area contributed by atoms with Crippen LogP contribution in [0.1, 0.15) is 53.7 Å². The van der Waals surface area contributed by atoms with E-state index < -0.39 is 10.0 Å². The molecule has 0 spiro atoms. The molecule has 0 bridgehead atoms. The second kappa shape index (κ2) is 7.91. The van der Waals surface area contributed by atoms with E-state index >= 15 is 0 Å². The van der Waals surface area contributed by atoms with Gasteiger partial charge in [-0.05, 0) is 55.5 Å². The summed E-state index contributed by atoms with van der Waals surface area (Å²) in [6.45, 7) is 10.00. The van der Waals surface area contributed by atoms with Crippen LogP contribution in [0.15, 0.2) is 41.3 Å². The van der Waals surface area contributed by atoms with Crippen molar-refractivity contribution in [1.29, 1.82) is 0 Å². The van der Waals surface area contributed by atoms with E-state index in [0.29, 0.717) is 17.8 Å². The Balaban J connectivity index is 2.47. The van der Waals surface area contributed by atoms with Crippen molar-refractivity contribution in [3.63, 3.8) is 0 Å². The van der Waals surface area contributed by atoms with Crippen molar-refractivity contribution >= 4 is 21.6 Å². The van der Waals surface area contributed by atoms with Crippen LogP contribution in [0.25, 0.3) is 0 Å². The third-order valence-corrected chi connectivity index (χ3v) is 5.61. The summed E-state index contributed by atoms with van der Waals surface area (Å²) in [5.74, 6) is -0.0997. The standard InChI is InChI=1S/C20H26N2O3S/c1-6-21-20(23)18-12-16(11-10-14(18)4)26(24,25)22-19-15(5)8-7-9-17(19)13(2)3/h7-13,22H,6H2,1-5H3,(H,21,23). The van der Waals surface area contributed by atoms with E-state index in [1.54, 1.807) is 13.0 Å². The molecule has 0 aliphatic carbocycles. The van der Waals surface area contributed by atoms with Gasteiger partial charge in [-0.1, -0.05) is 38.1 Å². The molecule has 1 amide bonds. The van der Waals surface area contributed by atoms with Gasteiger partial charge in [0.1, 0.15) is 0 Å². The van der Waals surface area contributed by atoms with Crippen LogP contribution in [0.4, 0.5) is 5.69 Å². The molecule has 6 heteroatoms. The number of nitrogens with one attached hydrogen (secondary N) is 2. The van der Waals surface area contributed by atoms with Crippen molar-refractivity contribution in [2.24, 2.45) is 0 Å². The second-order valence-corrected chi connectivity index (χ2v) is 8.32. The SMILES string of the molecule is CCNC(=O)c1cc(S(=O)(=O)Nc2c(C)cccc2C(C)C)ccc1C. The highest BCUT2D eigenvalue weighted by molar-refractivity contribution is 7.92. The molecule has 5 nitrogen and oxygen atoms in total. The summed E-state index contributed by atoms with van der Waals surface area (Å²) in [6.07, 6.45) is 0. The number of anilines is 1. The summed E-state index contributed by atoms with van der Waals surface area (Å²) >= 11 is 0. The summed E-state index contributed by atoms with van der Waals surface area (Å²) in [6, 6.07) is 10.3. The summed E-state index contributed by atoms with van der Waals surface area (Å²) in [4.78, 5) is 12.2. The molecule has 0 aromatic heterocycles. The van der Waals surface area contributed by atoms with Crippen molar-refractivity contribution in [2.75, 3.05) is 11.3 Å². The van der Waals surface area contributed by atoms with Crippen LogP contribution in [0.5, 0.6) is 0 Å². The van der Waals surface area contributed by atoms with Crippen molar-refractivity contribution in [3.8, 4) is 0 Å². The number of hydrogen-bond donors (Lipinski definition) is 2. The number of carbonyl (C=O) groups is 1. The van der Waals surface area contributed by atoms with E-state index in [1.807, 2.05) is 45.9 Å². The predicted molar refractivity (Wildman–Crippen MR) is 105 cm³/mol. The molecular formula is C20H26N2O3S. The van der Waals surface area contributed by atoms with Gasteiger partial charge in [-0.2, -0.15) is 0 Å². The van der Waals surface area contributed by atoms with E-state index in [9.17, 15) is 13.2 Å². The smallest absolute Gasteiger partial charge is 0.261 e. The average Bonchev–Trinajstić information content (AvgIpc) is 2.56. The van der Waals surface area contributed by atoms with Crippen LogP contribution < -0.4 is 10.0 Å². The number of benzene rings is 2. The molecule has 0 atom stereocenters. The number of hydrogen-bond acceptors (Lipinski definition) is 3. The molecule has 140 valence electrons. The Morgan fingerprint density at radius 2 is 1.77 bits per heavy atom. The highest BCUT2D eigenvalue weighted by atomic mass is 32.2. The third-order valence-electron chi connectivity index (χ3n) is 4.26. The molecule has 0 fully saturated rings. The second-order valence-electron chi connectivity index (χ2n) is 6.64. The van der Waals surface area contributed by atoms with Gasteiger partial charge in [-0.3, -0.25) is 9.52 Å². The lowest BCUT2D eigenvalue weighted by molar-refractivity contribution is 0.0955. The summed E-state index contributed by atoms with van der Waals surface area (Å²) in [7, 11) is -3.81. The van der Waals surface area contributed by atoms with Crippen LogP contribution in [-0.4, -0.2) is 20.9 Å². The highest BCUT2D eigenvalue weighted by Crippen LogP contribution is 2.29. The molecule has 0 saturated carbocycles. The van der Waals surface area contributed by atoms with Gasteiger partial charge in [0.05, 0.1) is 10.6 Å². The summed E-state index contributed by atoms with van der Waals surface area (Å²) < 4.78 is 28.6. The Morgan fingerprint density at radius 3 is 2.38 bits per heavy atom. The van der Waals surface area contributed by atoms with Gasteiger partial charge < -0.3 is 5.32 Å². The molecule has 0 aliphatic rings. The molecule has 2 aromatic carbocycles. The Bertz CT molecular complexity index is 919. The van der Waals surface area contributed by atoms with Crippen LogP contribution in [0, 0.1) is 13.8 Å². The number of rotatable bonds is 6. The zero-order valence-electron chi connectivity index (χ0n) is 15.9. The zero-order valence-corrected chi connectivity index (χ0v) is 16.7. The molecule has 2 N–H and O–H groups in total. The van der Waals surface area contributed by atoms with Crippen molar-refractivity contribution in [3.05, 3.63) is 58.7 Å². The van der Waals surface area contributed by atoms with Gasteiger partial charge in [0.15, 0.2) is 0 Å². The quantitative estimate of drug-likeness (QED) is 0.803. The molecule has 0 heterocycles. The molecule has 0 radical (unpaired) electrons. The number of carbonyl (C=O) groups excluding carboxylic acids is 1. The van der Waals surface area contributed by atoms with E-state index in [1.165, 1.54) is 12.1 Å². The molecule has 0 aliphatic heterocycles. The van der Waals surface area contributed by atoms with Crippen LogP contribution in [-0.2, 0) is 10.0 Å². The van der Waals surface area contributed by atoms with E-state index in [4.69, 9.17) is 0 Å². The topological polar surface area (TPSA) is 75.3 Å². The van der Waals surface area contributed by atoms with Gasteiger partial charge in [0.2, 0.25) is 0 Å². The molecule has 26 heavy (non-hydrogen) atoms. The molecule has 0 saturated heterocycles. The lowest BCUT2D eigenvalue weighted by Gasteiger charge is -2.18. The Morgan fingerprint density at radius 1 is 1.08 bits per heavy atom. The minimum Gasteiger partial charge on any atom is -0.352 e. The van der Waals surface area contributed by atoms with E-state index in [-0.39, 0.29) is 16.7 Å². The fourth-order valence-corrected chi connectivity index (χ4v) is 3.96. The van der Waals surface area contributed by atoms with Gasteiger partial charge in [0.25, 0.3) is 15.9 Å². The summed E-state index contributed by atoms with van der Waals surface area (Å²) in [5.41, 5.74) is 3.49. The zero-order chi connectivity index (χ0) is 19.5. The largest absolute Gasteiger partial charge is 0.352 e. The first-order chi connectivity index (χ1) is 12.2. The first-order valence-corrected chi connectivity index (χ1v) is 10.2. The fourth-order valence-electron chi connectivity index (χ4n) is 2.77. The first-order valence-electron chi connectivity index (χ1n) is 8.68. The van der Waals surface area contributed by atoms with E-state index in [2.05, 4.69) is 10.0 Å². The Hall–Kier alpha value is -2.34. The number of sulfonamides is 1. The monoisotopic (exact) mass is 374 g/mol. The van der Waals surface area contributed by atoms with Gasteiger partial charge in [0, 0.05) is 12.1 Å².